The van der Waals surface area contributed by atoms with E-state index in [0.717, 1.165) is 0 Å². The SMILES string of the molecule is [CH]C[C@H](O)CO. The Bertz CT molecular complexity index is 24.7. The van der Waals surface area contributed by atoms with Crippen LogP contribution in [0.1, 0.15) is 6.42 Å². The van der Waals surface area contributed by atoms with Crippen LogP contribution in [0.15, 0.2) is 0 Å². The monoisotopic (exact) mass is 88.1 g/mol. The molecule has 0 rings (SSSR count). The molecule has 36 valence electrons. The zero-order valence-corrected chi connectivity index (χ0v) is 3.46. The van der Waals surface area contributed by atoms with Crippen LogP contribution in [0.5, 0.6) is 0 Å². The molecular weight excluding hydrogens is 80.0 g/mol. The summed E-state index contributed by atoms with van der Waals surface area (Å²) < 4.78 is 0. The maximum Gasteiger partial charge on any atom is 0.0773 e. The first-order valence-electron chi connectivity index (χ1n) is 1.80. The molecule has 2 N–H and O–H groups in total. The molecule has 0 aromatic heterocycles. The van der Waals surface area contributed by atoms with Crippen molar-refractivity contribution in [2.75, 3.05) is 6.61 Å². The van der Waals surface area contributed by atoms with E-state index in [0.29, 0.717) is 0 Å². The van der Waals surface area contributed by atoms with Crippen molar-refractivity contribution in [1.29, 1.82) is 0 Å². The summed E-state index contributed by atoms with van der Waals surface area (Å²) in [6, 6.07) is 0. The van der Waals surface area contributed by atoms with Gasteiger partial charge in [-0.05, 0) is 13.3 Å². The zero-order valence-electron chi connectivity index (χ0n) is 3.46. The van der Waals surface area contributed by atoms with Crippen molar-refractivity contribution in [3.8, 4) is 0 Å². The highest BCUT2D eigenvalue weighted by atomic mass is 16.3. The van der Waals surface area contributed by atoms with Crippen LogP contribution in [-0.4, -0.2) is 22.9 Å². The van der Waals surface area contributed by atoms with Crippen molar-refractivity contribution in [1.82, 2.24) is 0 Å². The van der Waals surface area contributed by atoms with E-state index in [4.69, 9.17) is 17.1 Å². The second-order valence-electron chi connectivity index (χ2n) is 1.07. The van der Waals surface area contributed by atoms with Gasteiger partial charge in [-0.25, -0.2) is 0 Å². The second kappa shape index (κ2) is 3.12. The molecule has 2 heteroatoms. The highest BCUT2D eigenvalue weighted by Crippen LogP contribution is 1.82. The molecule has 0 spiro atoms. The summed E-state index contributed by atoms with van der Waals surface area (Å²) in [5.41, 5.74) is 0. The number of hydrogen-bond acceptors (Lipinski definition) is 2. The predicted molar refractivity (Wildman–Crippen MR) is 22.0 cm³/mol. The Morgan fingerprint density at radius 3 is 2.17 bits per heavy atom. The summed E-state index contributed by atoms with van der Waals surface area (Å²) in [5, 5.41) is 16.3. The second-order valence-corrected chi connectivity index (χ2v) is 1.07. The van der Waals surface area contributed by atoms with Gasteiger partial charge in [-0.15, -0.1) is 0 Å². The van der Waals surface area contributed by atoms with Gasteiger partial charge >= 0.3 is 0 Å². The van der Waals surface area contributed by atoms with Gasteiger partial charge in [0.25, 0.3) is 0 Å². The molecule has 0 saturated carbocycles. The Kier molecular flexibility index (Phi) is 3.08. The van der Waals surface area contributed by atoms with Crippen LogP contribution in [0, 0.1) is 6.92 Å². The van der Waals surface area contributed by atoms with Gasteiger partial charge in [-0.3, -0.25) is 0 Å². The number of rotatable bonds is 2. The van der Waals surface area contributed by atoms with Crippen LogP contribution in [0.25, 0.3) is 0 Å². The lowest BCUT2D eigenvalue weighted by molar-refractivity contribution is 0.0971. The third-order valence-electron chi connectivity index (χ3n) is 0.483. The average molecular weight is 88.1 g/mol. The van der Waals surface area contributed by atoms with Crippen LogP contribution in [0.4, 0.5) is 0 Å². The molecule has 0 aromatic carbocycles. The van der Waals surface area contributed by atoms with Gasteiger partial charge in [0.1, 0.15) is 0 Å². The summed E-state index contributed by atoms with van der Waals surface area (Å²) in [6.45, 7) is 4.63. The molecule has 0 heterocycles. The van der Waals surface area contributed by atoms with E-state index in [1.54, 1.807) is 0 Å². The fourth-order valence-corrected chi connectivity index (χ4v) is 0.0745. The molecule has 0 aromatic rings. The fraction of sp³-hybridized carbons (Fsp3) is 0.750. The summed E-state index contributed by atoms with van der Waals surface area (Å²) in [7, 11) is 0. The van der Waals surface area contributed by atoms with Crippen LogP contribution in [0.3, 0.4) is 0 Å². The summed E-state index contributed by atoms with van der Waals surface area (Å²) in [4.78, 5) is 0. The molecule has 0 bridgehead atoms. The first kappa shape index (κ1) is 5.92. The van der Waals surface area contributed by atoms with Gasteiger partial charge in [0.05, 0.1) is 12.7 Å². The topological polar surface area (TPSA) is 40.5 Å². The van der Waals surface area contributed by atoms with E-state index in [1.807, 2.05) is 0 Å². The first-order chi connectivity index (χ1) is 2.81. The van der Waals surface area contributed by atoms with Crippen molar-refractivity contribution in [3.05, 3.63) is 6.92 Å². The van der Waals surface area contributed by atoms with Crippen LogP contribution >= 0.6 is 0 Å². The zero-order chi connectivity index (χ0) is 4.99. The van der Waals surface area contributed by atoms with E-state index in [-0.39, 0.29) is 13.0 Å². The molecule has 1 atom stereocenters. The molecular formula is C4H8O2. The lowest BCUT2D eigenvalue weighted by atomic mass is 10.3. The molecule has 2 nitrogen and oxygen atoms in total. The number of aliphatic hydroxyl groups excluding tert-OH is 2. The summed E-state index contributed by atoms with van der Waals surface area (Å²) in [6.07, 6.45) is -0.596. The lowest BCUT2D eigenvalue weighted by Gasteiger charge is -1.97. The molecule has 0 unspecified atom stereocenters. The Hall–Kier alpha value is -0.0800. The molecule has 0 aliphatic carbocycles. The van der Waals surface area contributed by atoms with Gasteiger partial charge in [0.15, 0.2) is 0 Å². The van der Waals surface area contributed by atoms with E-state index in [1.165, 1.54) is 0 Å². The molecule has 0 amide bonds. The van der Waals surface area contributed by atoms with Gasteiger partial charge in [0.2, 0.25) is 0 Å². The average Bonchev–Trinajstić information content (AvgIpc) is 1.65. The van der Waals surface area contributed by atoms with Crippen molar-refractivity contribution >= 4 is 0 Å². The van der Waals surface area contributed by atoms with Crippen molar-refractivity contribution in [2.24, 2.45) is 0 Å². The summed E-state index contributed by atoms with van der Waals surface area (Å²) >= 11 is 0. The van der Waals surface area contributed by atoms with E-state index in [2.05, 4.69) is 0 Å². The smallest absolute Gasteiger partial charge is 0.0773 e. The fourth-order valence-electron chi connectivity index (χ4n) is 0.0745. The third kappa shape index (κ3) is 2.18. The summed E-state index contributed by atoms with van der Waals surface area (Å²) in [5.74, 6) is 0. The van der Waals surface area contributed by atoms with Gasteiger partial charge < -0.3 is 10.2 Å². The minimum absolute atomic E-state index is 0.135. The molecule has 0 saturated heterocycles. The largest absolute Gasteiger partial charge is 0.394 e. The Morgan fingerprint density at radius 2 is 2.17 bits per heavy atom. The van der Waals surface area contributed by atoms with E-state index >= 15 is 0 Å². The Labute approximate surface area is 37.4 Å². The van der Waals surface area contributed by atoms with Crippen LogP contribution in [0.2, 0.25) is 0 Å². The molecule has 6 heavy (non-hydrogen) atoms. The predicted octanol–water partition coefficient (Wildman–Crippen LogP) is -0.559. The van der Waals surface area contributed by atoms with Gasteiger partial charge in [-0.2, -0.15) is 0 Å². The van der Waals surface area contributed by atoms with Crippen molar-refractivity contribution < 1.29 is 10.2 Å². The molecule has 0 aliphatic heterocycles. The highest BCUT2D eigenvalue weighted by Gasteiger charge is 1.92. The molecule has 0 aliphatic rings. The van der Waals surface area contributed by atoms with Crippen LogP contribution < -0.4 is 0 Å². The van der Waals surface area contributed by atoms with E-state index in [9.17, 15) is 0 Å². The maximum atomic E-state index is 8.29. The Balaban J connectivity index is 2.75. The van der Waals surface area contributed by atoms with E-state index < -0.39 is 6.10 Å². The normalized spacial score (nSPS) is 14.5. The highest BCUT2D eigenvalue weighted by molar-refractivity contribution is 4.51. The molecule has 2 radical (unpaired) electrons. The quantitative estimate of drug-likeness (QED) is 0.475. The standard InChI is InChI=1S/C4H8O2/c1-2-4(6)3-5/h1,4-6H,2-3H2/t4-/m0/s1. The maximum absolute atomic E-state index is 8.29. The minimum atomic E-state index is -0.731. The Morgan fingerprint density at radius 1 is 1.67 bits per heavy atom. The van der Waals surface area contributed by atoms with Crippen LogP contribution in [-0.2, 0) is 0 Å². The molecule has 0 fully saturated rings. The van der Waals surface area contributed by atoms with Gasteiger partial charge in [-0.1, -0.05) is 0 Å². The minimum Gasteiger partial charge on any atom is -0.394 e. The van der Waals surface area contributed by atoms with Crippen molar-refractivity contribution in [2.45, 2.75) is 12.5 Å². The van der Waals surface area contributed by atoms with Gasteiger partial charge in [0, 0.05) is 0 Å². The number of hydrogen-bond donors (Lipinski definition) is 2. The first-order valence-corrected chi connectivity index (χ1v) is 1.80. The van der Waals surface area contributed by atoms with Crippen molar-refractivity contribution in [3.63, 3.8) is 0 Å². The number of aliphatic hydroxyl groups is 2. The third-order valence-corrected chi connectivity index (χ3v) is 0.483. The lowest BCUT2D eigenvalue weighted by Crippen LogP contribution is -2.08.